The minimum atomic E-state index is -3.32. The van der Waals surface area contributed by atoms with Crippen LogP contribution in [0.2, 0.25) is 0 Å². The molecule has 0 aromatic heterocycles. The number of nitrogens with zero attached hydrogens (tertiary/aromatic N) is 1. The van der Waals surface area contributed by atoms with Gasteiger partial charge in [-0.3, -0.25) is 9.59 Å². The van der Waals surface area contributed by atoms with Crippen molar-refractivity contribution in [3.63, 3.8) is 0 Å². The number of rotatable bonds is 9. The number of amides is 1. The van der Waals surface area contributed by atoms with Gasteiger partial charge in [0.1, 0.15) is 5.75 Å². The van der Waals surface area contributed by atoms with Crippen molar-refractivity contribution < 1.29 is 22.7 Å². The summed E-state index contributed by atoms with van der Waals surface area (Å²) in [6, 6.07) is 6.70. The molecule has 1 aromatic carbocycles. The Kier molecular flexibility index (Phi) is 7.59. The van der Waals surface area contributed by atoms with Crippen LogP contribution >= 0.6 is 0 Å². The zero-order valence-corrected chi connectivity index (χ0v) is 15.9. The molecule has 1 aliphatic heterocycles. The van der Waals surface area contributed by atoms with E-state index in [0.29, 0.717) is 24.4 Å². The first kappa shape index (κ1) is 20.4. The summed E-state index contributed by atoms with van der Waals surface area (Å²) in [6.45, 7) is 1.19. The first-order valence-electron chi connectivity index (χ1n) is 8.84. The topological polar surface area (TPSA) is 92.8 Å². The molecule has 0 radical (unpaired) electrons. The van der Waals surface area contributed by atoms with E-state index in [4.69, 9.17) is 4.74 Å². The molecule has 26 heavy (non-hydrogen) atoms. The molecule has 0 bridgehead atoms. The first-order valence-corrected chi connectivity index (χ1v) is 10.4. The summed E-state index contributed by atoms with van der Waals surface area (Å²) in [4.78, 5) is 23.9. The molecule has 8 heteroatoms. The van der Waals surface area contributed by atoms with Crippen molar-refractivity contribution in [1.82, 2.24) is 9.62 Å². The summed E-state index contributed by atoms with van der Waals surface area (Å²) in [7, 11) is -1.77. The highest BCUT2D eigenvalue weighted by Crippen LogP contribution is 2.14. The Hall–Kier alpha value is -1.93. The number of benzene rings is 1. The van der Waals surface area contributed by atoms with Gasteiger partial charge in [0.05, 0.1) is 12.9 Å². The van der Waals surface area contributed by atoms with Crippen molar-refractivity contribution >= 4 is 21.7 Å². The third-order valence-corrected chi connectivity index (χ3v) is 6.25. The van der Waals surface area contributed by atoms with Crippen molar-refractivity contribution in [2.45, 2.75) is 32.1 Å². The number of ether oxygens (including phenoxy) is 1. The van der Waals surface area contributed by atoms with E-state index in [0.717, 1.165) is 19.3 Å². The lowest BCUT2D eigenvalue weighted by Gasteiger charge is -2.25. The fraction of sp³-hybridized carbons (Fsp3) is 0.556. The number of carbonyl (C=O) groups is 2. The number of nitrogens with one attached hydrogen (secondary N) is 1. The molecule has 1 aromatic rings. The quantitative estimate of drug-likeness (QED) is 0.655. The third-order valence-electron chi connectivity index (χ3n) is 4.38. The molecule has 0 saturated carbocycles. The zero-order chi connectivity index (χ0) is 19.0. The van der Waals surface area contributed by atoms with Crippen LogP contribution in [0.1, 0.15) is 42.5 Å². The number of piperidine rings is 1. The molecule has 144 valence electrons. The molecule has 1 fully saturated rings. The minimum absolute atomic E-state index is 0.0363. The van der Waals surface area contributed by atoms with E-state index in [9.17, 15) is 18.0 Å². The number of sulfonamides is 1. The highest BCUT2D eigenvalue weighted by atomic mass is 32.2. The van der Waals surface area contributed by atoms with Crippen LogP contribution in [0, 0.1) is 0 Å². The molecule has 1 amide bonds. The number of Topliss-reactive ketones (excluding diaryl/α,β-unsaturated/α-hetero) is 1. The Bertz CT molecular complexity index is 710. The minimum Gasteiger partial charge on any atom is -0.497 e. The summed E-state index contributed by atoms with van der Waals surface area (Å²) in [6.07, 6.45) is 2.95. The van der Waals surface area contributed by atoms with Gasteiger partial charge in [-0.05, 0) is 37.1 Å². The van der Waals surface area contributed by atoms with Gasteiger partial charge >= 0.3 is 0 Å². The Morgan fingerprint density at radius 2 is 1.73 bits per heavy atom. The second kappa shape index (κ2) is 9.68. The van der Waals surface area contributed by atoms with Gasteiger partial charge in [0.25, 0.3) is 0 Å². The fourth-order valence-corrected chi connectivity index (χ4v) is 4.26. The lowest BCUT2D eigenvalue weighted by molar-refractivity contribution is -0.120. The van der Waals surface area contributed by atoms with E-state index in [1.807, 2.05) is 0 Å². The number of hydrogen-bond donors (Lipinski definition) is 1. The average molecular weight is 382 g/mol. The molecule has 0 unspecified atom stereocenters. The summed E-state index contributed by atoms with van der Waals surface area (Å²) >= 11 is 0. The van der Waals surface area contributed by atoms with E-state index in [1.165, 1.54) is 4.31 Å². The summed E-state index contributed by atoms with van der Waals surface area (Å²) in [5, 5.41) is 2.59. The highest BCUT2D eigenvalue weighted by molar-refractivity contribution is 7.89. The van der Waals surface area contributed by atoms with Crippen LogP contribution in [-0.4, -0.2) is 56.9 Å². The predicted octanol–water partition coefficient (Wildman–Crippen LogP) is 1.59. The average Bonchev–Trinajstić information content (AvgIpc) is 2.66. The van der Waals surface area contributed by atoms with Gasteiger partial charge in [-0.25, -0.2) is 12.7 Å². The number of ketones is 1. The Balaban J connectivity index is 1.70. The van der Waals surface area contributed by atoms with Crippen LogP contribution < -0.4 is 10.1 Å². The molecule has 1 aliphatic rings. The molecule has 2 rings (SSSR count). The monoisotopic (exact) mass is 382 g/mol. The molecule has 7 nitrogen and oxygen atoms in total. The first-order chi connectivity index (χ1) is 12.4. The van der Waals surface area contributed by atoms with Crippen LogP contribution in [-0.2, 0) is 14.8 Å². The second-order valence-corrected chi connectivity index (χ2v) is 8.37. The smallest absolute Gasteiger partial charge is 0.220 e. The van der Waals surface area contributed by atoms with Gasteiger partial charge in [-0.1, -0.05) is 6.42 Å². The summed E-state index contributed by atoms with van der Waals surface area (Å²) in [5.74, 6) is 0.101. The van der Waals surface area contributed by atoms with Gasteiger partial charge in [0.15, 0.2) is 5.78 Å². The Morgan fingerprint density at radius 1 is 1.08 bits per heavy atom. The van der Waals surface area contributed by atoms with Crippen molar-refractivity contribution in [3.8, 4) is 5.75 Å². The maximum absolute atomic E-state index is 12.2. The lowest BCUT2D eigenvalue weighted by Crippen LogP contribution is -2.40. The van der Waals surface area contributed by atoms with Gasteiger partial charge in [0, 0.05) is 38.0 Å². The van der Waals surface area contributed by atoms with Gasteiger partial charge in [-0.2, -0.15) is 0 Å². The largest absolute Gasteiger partial charge is 0.497 e. The summed E-state index contributed by atoms with van der Waals surface area (Å²) in [5.41, 5.74) is 0.520. The van der Waals surface area contributed by atoms with Crippen molar-refractivity contribution in [1.29, 1.82) is 0 Å². The predicted molar refractivity (Wildman–Crippen MR) is 98.8 cm³/mol. The normalized spacial score (nSPS) is 15.4. The molecule has 0 atom stereocenters. The van der Waals surface area contributed by atoms with Crippen LogP contribution in [0.25, 0.3) is 0 Å². The Morgan fingerprint density at radius 3 is 2.35 bits per heavy atom. The SMILES string of the molecule is COc1ccc(C(=O)CCC(=O)NCCS(=O)(=O)N2CCCCC2)cc1. The van der Waals surface area contributed by atoms with E-state index < -0.39 is 10.0 Å². The standard InChI is InChI=1S/C18H26N2O5S/c1-25-16-7-5-15(6-8-16)17(21)9-10-18(22)19-11-14-26(23,24)20-12-3-2-4-13-20/h5-8H,2-4,9-14H2,1H3,(H,19,22). The van der Waals surface area contributed by atoms with Crippen LogP contribution in [0.5, 0.6) is 5.75 Å². The van der Waals surface area contributed by atoms with E-state index in [1.54, 1.807) is 31.4 Å². The van der Waals surface area contributed by atoms with Crippen LogP contribution in [0.15, 0.2) is 24.3 Å². The second-order valence-electron chi connectivity index (χ2n) is 6.28. The molecule has 1 saturated heterocycles. The molecular formula is C18H26N2O5S. The number of carbonyl (C=O) groups excluding carboxylic acids is 2. The van der Waals surface area contributed by atoms with E-state index >= 15 is 0 Å². The lowest BCUT2D eigenvalue weighted by atomic mass is 10.1. The third kappa shape index (κ3) is 6.10. The van der Waals surface area contributed by atoms with Gasteiger partial charge in [-0.15, -0.1) is 0 Å². The maximum Gasteiger partial charge on any atom is 0.220 e. The molecular weight excluding hydrogens is 356 g/mol. The van der Waals surface area contributed by atoms with Crippen molar-refractivity contribution in [3.05, 3.63) is 29.8 Å². The van der Waals surface area contributed by atoms with Gasteiger partial charge in [0.2, 0.25) is 15.9 Å². The zero-order valence-electron chi connectivity index (χ0n) is 15.1. The maximum atomic E-state index is 12.2. The van der Waals surface area contributed by atoms with Crippen LogP contribution in [0.3, 0.4) is 0 Å². The fourth-order valence-electron chi connectivity index (χ4n) is 2.83. The van der Waals surface area contributed by atoms with E-state index in [2.05, 4.69) is 5.32 Å². The van der Waals surface area contributed by atoms with Crippen LogP contribution in [0.4, 0.5) is 0 Å². The van der Waals surface area contributed by atoms with E-state index in [-0.39, 0.29) is 36.8 Å². The Labute approximate surface area is 154 Å². The molecule has 0 spiro atoms. The summed E-state index contributed by atoms with van der Waals surface area (Å²) < 4.78 is 30.9. The van der Waals surface area contributed by atoms with Crippen molar-refractivity contribution in [2.24, 2.45) is 0 Å². The molecule has 1 N–H and O–H groups in total. The number of methoxy groups -OCH3 is 1. The molecule has 1 heterocycles. The molecule has 0 aliphatic carbocycles. The van der Waals surface area contributed by atoms with Crippen molar-refractivity contribution in [2.75, 3.05) is 32.5 Å². The van der Waals surface area contributed by atoms with Gasteiger partial charge < -0.3 is 10.1 Å². The highest BCUT2D eigenvalue weighted by Gasteiger charge is 2.23. The number of hydrogen-bond acceptors (Lipinski definition) is 5.